The summed E-state index contributed by atoms with van der Waals surface area (Å²) < 4.78 is 67.6. The number of rotatable bonds is 56. The van der Waals surface area contributed by atoms with E-state index in [1.807, 2.05) is 0 Å². The maximum absolute atomic E-state index is 14.2. The number of esters is 2. The Balaban J connectivity index is 1.93. The smallest absolute Gasteiger partial charge is 0.397 e. The van der Waals surface area contributed by atoms with Gasteiger partial charge in [-0.2, -0.15) is 8.42 Å². The minimum atomic E-state index is -5.33. The normalized spacial score (nSPS) is 25.6. The summed E-state index contributed by atoms with van der Waals surface area (Å²) in [6.07, 6.45) is 25.0. The maximum Gasteiger partial charge on any atom is 0.397 e. The van der Waals surface area contributed by atoms with Crippen LogP contribution in [-0.2, 0) is 47.9 Å². The third-order valence-corrected chi connectivity index (χ3v) is 20.1. The van der Waals surface area contributed by atoms with Gasteiger partial charge in [0.05, 0.1) is 25.2 Å². The first-order valence-corrected chi connectivity index (χ1v) is 38.7. The lowest BCUT2D eigenvalue weighted by molar-refractivity contribution is -0.374. The summed E-state index contributed by atoms with van der Waals surface area (Å²) in [5, 5.41) is 64.4. The second kappa shape index (κ2) is 49.9. The molecule has 0 bridgehead atoms. The molecule has 7 N–H and O–H groups in total. The summed E-state index contributed by atoms with van der Waals surface area (Å²) in [6.45, 7) is 22.9. The third kappa shape index (κ3) is 38.3. The zero-order valence-electron chi connectivity index (χ0n) is 59.5. The summed E-state index contributed by atoms with van der Waals surface area (Å²) in [4.78, 5) is 27.8. The lowest BCUT2D eigenvalue weighted by atomic mass is 9.79. The molecule has 540 valence electrons. The van der Waals surface area contributed by atoms with Crippen LogP contribution >= 0.6 is 0 Å². The zero-order chi connectivity index (χ0) is 67.7. The van der Waals surface area contributed by atoms with Gasteiger partial charge >= 0.3 is 22.3 Å². The molecule has 2 rings (SSSR count). The van der Waals surface area contributed by atoms with Crippen LogP contribution in [0, 0.1) is 53.3 Å². The van der Waals surface area contributed by atoms with E-state index < -0.39 is 103 Å². The molecule has 0 saturated carbocycles. The molecular formula is C73H140O17S. The van der Waals surface area contributed by atoms with E-state index in [4.69, 9.17) is 23.7 Å². The Bertz CT molecular complexity index is 1910. The SMILES string of the molecule is CCCCCCCCCCCCCCCCC[C@H](O)[C@H](C)C[C@H](C)C[C@H](C)C[C@H](C)C[C@H](C)C[C@H](C)C[C@H](C)C[C@H](C)C[C@@H](C)C(=O)O[C@@H]1[C@H](O[C@H]2O[C@H](CO)[C@@H](O)[C@H](O)[C@H]2OS(=O)(=O)O)O[C@@H](CO)[C@H](O)[C@H]1OC(=O)CCCCCCCCCCCCCCC. The molecule has 0 aliphatic carbocycles. The molecule has 0 aromatic rings. The average Bonchev–Trinajstić information content (AvgIpc) is 0.836. The predicted octanol–water partition coefficient (Wildman–Crippen LogP) is 15.5. The predicted molar refractivity (Wildman–Crippen MR) is 362 cm³/mol. The number of carbonyl (C=O) groups is 2. The first-order valence-electron chi connectivity index (χ1n) is 37.3. The molecule has 0 spiro atoms. The first kappa shape index (κ1) is 85.5. The number of unbranched alkanes of at least 4 members (excludes halogenated alkanes) is 26. The highest BCUT2D eigenvalue weighted by atomic mass is 32.3. The molecule has 2 aliphatic heterocycles. The molecule has 91 heavy (non-hydrogen) atoms. The molecule has 0 amide bonds. The van der Waals surface area contributed by atoms with Crippen molar-refractivity contribution in [3.05, 3.63) is 0 Å². The molecule has 0 radical (unpaired) electrons. The van der Waals surface area contributed by atoms with Gasteiger partial charge in [-0.1, -0.05) is 250 Å². The van der Waals surface area contributed by atoms with Crippen molar-refractivity contribution in [2.24, 2.45) is 53.3 Å². The van der Waals surface area contributed by atoms with Crippen molar-refractivity contribution in [1.82, 2.24) is 0 Å². The fourth-order valence-corrected chi connectivity index (χ4v) is 15.5. The largest absolute Gasteiger partial charge is 0.455 e. The van der Waals surface area contributed by atoms with E-state index in [9.17, 15) is 53.2 Å². The van der Waals surface area contributed by atoms with Crippen molar-refractivity contribution < 1.29 is 81.1 Å². The van der Waals surface area contributed by atoms with Gasteiger partial charge in [-0.05, 0) is 112 Å². The van der Waals surface area contributed by atoms with Gasteiger partial charge in [-0.3, -0.25) is 14.1 Å². The molecule has 0 unspecified atom stereocenters. The minimum Gasteiger partial charge on any atom is -0.455 e. The topological polar surface area (TPSA) is 265 Å². The van der Waals surface area contributed by atoms with Gasteiger partial charge in [0, 0.05) is 6.42 Å². The Morgan fingerprint density at radius 3 is 1.15 bits per heavy atom. The molecule has 17 nitrogen and oxygen atoms in total. The third-order valence-electron chi connectivity index (χ3n) is 19.6. The molecule has 0 aromatic carbocycles. The number of ether oxygens (including phenoxy) is 5. The Morgan fingerprint density at radius 1 is 0.429 bits per heavy atom. The second-order valence-corrected chi connectivity index (χ2v) is 30.7. The minimum absolute atomic E-state index is 0.0235. The average molecular weight is 1320 g/mol. The van der Waals surface area contributed by atoms with Crippen molar-refractivity contribution in [3.63, 3.8) is 0 Å². The highest BCUT2D eigenvalue weighted by molar-refractivity contribution is 7.80. The summed E-state index contributed by atoms with van der Waals surface area (Å²) in [6, 6.07) is 0. The molecule has 0 aromatic heterocycles. The second-order valence-electron chi connectivity index (χ2n) is 29.7. The molecule has 20 atom stereocenters. The number of hydrogen-bond donors (Lipinski definition) is 7. The van der Waals surface area contributed by atoms with Gasteiger partial charge < -0.3 is 54.3 Å². The van der Waals surface area contributed by atoms with E-state index in [1.54, 1.807) is 6.92 Å². The van der Waals surface area contributed by atoms with Gasteiger partial charge in [0.2, 0.25) is 6.29 Å². The van der Waals surface area contributed by atoms with E-state index in [0.717, 1.165) is 64.2 Å². The summed E-state index contributed by atoms with van der Waals surface area (Å²) in [7, 11) is -5.33. The van der Waals surface area contributed by atoms with Crippen LogP contribution in [0.4, 0.5) is 0 Å². The summed E-state index contributed by atoms with van der Waals surface area (Å²) in [5.41, 5.74) is 0. The Morgan fingerprint density at radius 2 is 0.769 bits per heavy atom. The molecule has 2 fully saturated rings. The fourth-order valence-electron chi connectivity index (χ4n) is 15.0. The Kier molecular flexibility index (Phi) is 46.9. The highest BCUT2D eigenvalue weighted by Crippen LogP contribution is 2.36. The monoisotopic (exact) mass is 1320 g/mol. The lowest BCUT2D eigenvalue weighted by Gasteiger charge is -2.46. The van der Waals surface area contributed by atoms with E-state index >= 15 is 0 Å². The van der Waals surface area contributed by atoms with Crippen molar-refractivity contribution >= 4 is 22.3 Å². The van der Waals surface area contributed by atoms with Gasteiger partial charge in [0.1, 0.15) is 30.5 Å². The Hall–Kier alpha value is -1.55. The summed E-state index contributed by atoms with van der Waals surface area (Å²) in [5.74, 6) is 1.48. The number of hydrogen-bond acceptors (Lipinski definition) is 16. The van der Waals surface area contributed by atoms with Crippen LogP contribution in [0.5, 0.6) is 0 Å². The molecule has 2 heterocycles. The van der Waals surface area contributed by atoms with Crippen molar-refractivity contribution in [1.29, 1.82) is 0 Å². The number of aliphatic hydroxyl groups is 6. The van der Waals surface area contributed by atoms with Crippen molar-refractivity contribution in [3.8, 4) is 0 Å². The van der Waals surface area contributed by atoms with E-state index in [0.29, 0.717) is 54.3 Å². The maximum atomic E-state index is 14.2. The quantitative estimate of drug-likeness (QED) is 0.0169. The van der Waals surface area contributed by atoms with Crippen LogP contribution in [0.15, 0.2) is 0 Å². The van der Waals surface area contributed by atoms with Crippen LogP contribution in [0.1, 0.15) is 320 Å². The summed E-state index contributed by atoms with van der Waals surface area (Å²) >= 11 is 0. The van der Waals surface area contributed by atoms with Gasteiger partial charge in [0.25, 0.3) is 0 Å². The van der Waals surface area contributed by atoms with Crippen molar-refractivity contribution in [2.45, 2.75) is 388 Å². The number of carbonyl (C=O) groups excluding carboxylic acids is 2. The van der Waals surface area contributed by atoms with Crippen LogP contribution in [0.3, 0.4) is 0 Å². The highest BCUT2D eigenvalue weighted by Gasteiger charge is 2.55. The van der Waals surface area contributed by atoms with Crippen LogP contribution in [0.2, 0.25) is 0 Å². The molecule has 2 aliphatic rings. The van der Waals surface area contributed by atoms with E-state index in [-0.39, 0.29) is 18.4 Å². The molecule has 2 saturated heterocycles. The van der Waals surface area contributed by atoms with E-state index in [2.05, 4.69) is 73.4 Å². The molecule has 18 heteroatoms. The molecular weight excluding hydrogens is 1180 g/mol. The van der Waals surface area contributed by atoms with Crippen LogP contribution in [0.25, 0.3) is 0 Å². The van der Waals surface area contributed by atoms with Crippen LogP contribution in [-0.4, -0.2) is 136 Å². The van der Waals surface area contributed by atoms with Gasteiger partial charge in [-0.25, -0.2) is 4.18 Å². The number of aliphatic hydroxyl groups excluding tert-OH is 6. The Labute approximate surface area is 555 Å². The van der Waals surface area contributed by atoms with Gasteiger partial charge in [-0.15, -0.1) is 0 Å². The van der Waals surface area contributed by atoms with Crippen LogP contribution < -0.4 is 0 Å². The first-order chi connectivity index (χ1) is 43.3. The lowest BCUT2D eigenvalue weighted by Crippen LogP contribution is -2.65. The fraction of sp³-hybridized carbons (Fsp3) is 0.973. The van der Waals surface area contributed by atoms with Crippen molar-refractivity contribution in [2.75, 3.05) is 13.2 Å². The van der Waals surface area contributed by atoms with Gasteiger partial charge in [0.15, 0.2) is 24.6 Å². The standard InChI is InChI=1S/C73H140O17S/c1-12-14-16-18-20-22-24-26-27-29-30-32-34-36-38-40-61(76)59(10)48-57(8)46-55(6)44-53(4)42-52(3)43-54(5)45-56(7)47-58(9)49-60(11)71(81)88-70-68(87-64(77)41-39-37-35-33-31-28-25-23-21-19-17-15-13-2)66(79)63(51-75)86-73(70)89-72-69(90-91(82,83)84)67(80)65(78)62(50-74)85-72/h52-63,65-70,72-76,78-80H,12-51H2,1-11H3,(H,82,83,84)/t52-,53+,54-,55+,56-,57+,58-,59+,60+,61-,62+,63-,65+,66-,67-,68+,69+,70-,72+,73-/m0/s1. The zero-order valence-corrected chi connectivity index (χ0v) is 60.3. The van der Waals surface area contributed by atoms with E-state index in [1.165, 1.54) is 161 Å².